The zero-order chi connectivity index (χ0) is 17.5. The lowest BCUT2D eigenvalue weighted by Gasteiger charge is -2.30. The first-order valence-electron chi connectivity index (χ1n) is 10.2. The number of hydrogen-bond acceptors (Lipinski definition) is 4. The van der Waals surface area contributed by atoms with Crippen LogP contribution in [-0.2, 0) is 4.74 Å². The largest absolute Gasteiger partial charge is 0.379 e. The van der Waals surface area contributed by atoms with Gasteiger partial charge in [0.2, 0.25) is 0 Å². The highest BCUT2D eigenvalue weighted by atomic mass is 16.5. The van der Waals surface area contributed by atoms with Gasteiger partial charge in [0.25, 0.3) is 0 Å². The smallest absolute Gasteiger partial charge is 0.193 e. The molecule has 0 spiro atoms. The predicted octanol–water partition coefficient (Wildman–Crippen LogP) is 0.948. The minimum Gasteiger partial charge on any atom is -0.379 e. The number of nitrogens with zero attached hydrogens (tertiary/aromatic N) is 4. The zero-order valence-corrected chi connectivity index (χ0v) is 16.3. The molecule has 6 heteroatoms. The van der Waals surface area contributed by atoms with Crippen molar-refractivity contribution in [3.8, 4) is 0 Å². The molecule has 0 bridgehead atoms. The summed E-state index contributed by atoms with van der Waals surface area (Å²) in [5.41, 5.74) is 0. The number of aliphatic imine (C=N–C) groups is 1. The van der Waals surface area contributed by atoms with E-state index in [-0.39, 0.29) is 0 Å². The van der Waals surface area contributed by atoms with E-state index >= 15 is 0 Å². The standard InChI is InChI=1S/C19H37N5O/c1-17(14-23-9-11-25-12-10-23)13-21-19(20-2)24-8-5-18(16-24)15-22-6-3-4-7-22/h17-18H,3-16H2,1-2H3,(H,20,21). The van der Waals surface area contributed by atoms with E-state index in [4.69, 9.17) is 4.74 Å². The second-order valence-electron chi connectivity index (χ2n) is 8.05. The van der Waals surface area contributed by atoms with Crippen molar-refractivity contribution >= 4 is 5.96 Å². The van der Waals surface area contributed by atoms with E-state index in [1.165, 1.54) is 38.9 Å². The maximum Gasteiger partial charge on any atom is 0.193 e. The highest BCUT2D eigenvalue weighted by molar-refractivity contribution is 5.80. The molecule has 0 aromatic heterocycles. The van der Waals surface area contributed by atoms with Crippen LogP contribution in [-0.4, -0.2) is 99.8 Å². The maximum atomic E-state index is 5.44. The van der Waals surface area contributed by atoms with Crippen molar-refractivity contribution in [2.45, 2.75) is 26.2 Å². The molecule has 3 fully saturated rings. The summed E-state index contributed by atoms with van der Waals surface area (Å²) in [5, 5.41) is 3.62. The minimum absolute atomic E-state index is 0.623. The van der Waals surface area contributed by atoms with E-state index in [2.05, 4.69) is 31.9 Å². The topological polar surface area (TPSA) is 43.3 Å². The van der Waals surface area contributed by atoms with Crippen LogP contribution < -0.4 is 5.32 Å². The molecular weight excluding hydrogens is 314 g/mol. The summed E-state index contributed by atoms with van der Waals surface area (Å²) in [6.07, 6.45) is 4.09. The fourth-order valence-electron chi connectivity index (χ4n) is 4.39. The average Bonchev–Trinajstić information content (AvgIpc) is 3.29. The summed E-state index contributed by atoms with van der Waals surface area (Å²) < 4.78 is 5.44. The first kappa shape index (κ1) is 18.9. The van der Waals surface area contributed by atoms with Crippen molar-refractivity contribution in [2.24, 2.45) is 16.8 Å². The number of rotatable bonds is 6. The van der Waals surface area contributed by atoms with Crippen LogP contribution in [0.1, 0.15) is 26.2 Å². The van der Waals surface area contributed by atoms with Gasteiger partial charge in [-0.25, -0.2) is 0 Å². The van der Waals surface area contributed by atoms with Crippen molar-refractivity contribution in [1.29, 1.82) is 0 Å². The number of nitrogens with one attached hydrogen (secondary N) is 1. The summed E-state index contributed by atoms with van der Waals surface area (Å²) >= 11 is 0. The summed E-state index contributed by atoms with van der Waals surface area (Å²) in [7, 11) is 1.92. The lowest BCUT2D eigenvalue weighted by molar-refractivity contribution is 0.0320. The average molecular weight is 352 g/mol. The van der Waals surface area contributed by atoms with Crippen molar-refractivity contribution in [2.75, 3.05) is 79.2 Å². The molecular formula is C19H37N5O. The van der Waals surface area contributed by atoms with Gasteiger partial charge in [-0.1, -0.05) is 6.92 Å². The van der Waals surface area contributed by atoms with Crippen molar-refractivity contribution in [1.82, 2.24) is 20.0 Å². The lowest BCUT2D eigenvalue weighted by atomic mass is 10.1. The second-order valence-corrected chi connectivity index (χ2v) is 8.05. The molecule has 25 heavy (non-hydrogen) atoms. The van der Waals surface area contributed by atoms with Crippen LogP contribution in [0.2, 0.25) is 0 Å². The van der Waals surface area contributed by atoms with Crippen LogP contribution in [0.25, 0.3) is 0 Å². The molecule has 3 heterocycles. The molecule has 3 rings (SSSR count). The Bertz CT molecular complexity index is 418. The van der Waals surface area contributed by atoms with Gasteiger partial charge >= 0.3 is 0 Å². The fraction of sp³-hybridized carbons (Fsp3) is 0.947. The van der Waals surface area contributed by atoms with E-state index in [0.29, 0.717) is 5.92 Å². The number of ether oxygens (including phenoxy) is 1. The van der Waals surface area contributed by atoms with Gasteiger partial charge in [-0.2, -0.15) is 0 Å². The van der Waals surface area contributed by atoms with Crippen LogP contribution in [0, 0.1) is 11.8 Å². The molecule has 2 unspecified atom stereocenters. The molecule has 0 saturated carbocycles. The molecule has 6 nitrogen and oxygen atoms in total. The van der Waals surface area contributed by atoms with Gasteiger partial charge in [-0.05, 0) is 44.2 Å². The van der Waals surface area contributed by atoms with E-state index in [0.717, 1.165) is 64.4 Å². The van der Waals surface area contributed by atoms with Crippen LogP contribution in [0.3, 0.4) is 0 Å². The molecule has 0 amide bonds. The van der Waals surface area contributed by atoms with E-state index < -0.39 is 0 Å². The van der Waals surface area contributed by atoms with Crippen LogP contribution in [0.4, 0.5) is 0 Å². The summed E-state index contributed by atoms with van der Waals surface area (Å²) in [6, 6.07) is 0. The summed E-state index contributed by atoms with van der Waals surface area (Å²) in [6.45, 7) is 14.6. The molecule has 3 aliphatic heterocycles. The van der Waals surface area contributed by atoms with Crippen molar-refractivity contribution in [3.63, 3.8) is 0 Å². The van der Waals surface area contributed by atoms with Gasteiger partial charge in [-0.3, -0.25) is 9.89 Å². The Morgan fingerprint density at radius 2 is 1.88 bits per heavy atom. The SMILES string of the molecule is CN=C(NCC(C)CN1CCOCC1)N1CCC(CN2CCCC2)C1. The Morgan fingerprint density at radius 1 is 1.12 bits per heavy atom. The predicted molar refractivity (Wildman–Crippen MR) is 103 cm³/mol. The van der Waals surface area contributed by atoms with Gasteiger partial charge in [0.15, 0.2) is 5.96 Å². The van der Waals surface area contributed by atoms with Gasteiger partial charge < -0.3 is 19.9 Å². The molecule has 3 saturated heterocycles. The van der Waals surface area contributed by atoms with Crippen LogP contribution in [0.15, 0.2) is 4.99 Å². The maximum absolute atomic E-state index is 5.44. The van der Waals surface area contributed by atoms with Crippen LogP contribution in [0.5, 0.6) is 0 Å². The van der Waals surface area contributed by atoms with Crippen molar-refractivity contribution in [3.05, 3.63) is 0 Å². The van der Waals surface area contributed by atoms with Crippen molar-refractivity contribution < 1.29 is 4.74 Å². The van der Waals surface area contributed by atoms with Gasteiger partial charge in [0, 0.05) is 52.9 Å². The Hall–Kier alpha value is -0.850. The van der Waals surface area contributed by atoms with Gasteiger partial charge in [0.1, 0.15) is 0 Å². The highest BCUT2D eigenvalue weighted by Gasteiger charge is 2.27. The molecule has 0 aromatic rings. The number of hydrogen-bond donors (Lipinski definition) is 1. The molecule has 144 valence electrons. The number of likely N-dealkylation sites (tertiary alicyclic amines) is 2. The molecule has 0 aromatic carbocycles. The fourth-order valence-corrected chi connectivity index (χ4v) is 4.39. The third-order valence-corrected chi connectivity index (χ3v) is 5.79. The lowest BCUT2D eigenvalue weighted by Crippen LogP contribution is -2.45. The quantitative estimate of drug-likeness (QED) is 0.570. The van der Waals surface area contributed by atoms with E-state index in [1.807, 2.05) is 7.05 Å². The minimum atomic E-state index is 0.623. The molecule has 1 N–H and O–H groups in total. The first-order chi connectivity index (χ1) is 12.2. The van der Waals surface area contributed by atoms with E-state index in [1.54, 1.807) is 0 Å². The Balaban J connectivity index is 1.37. The first-order valence-corrected chi connectivity index (χ1v) is 10.2. The van der Waals surface area contributed by atoms with Gasteiger partial charge in [0.05, 0.1) is 13.2 Å². The van der Waals surface area contributed by atoms with Gasteiger partial charge in [-0.15, -0.1) is 0 Å². The molecule has 2 atom stereocenters. The Morgan fingerprint density at radius 3 is 2.60 bits per heavy atom. The zero-order valence-electron chi connectivity index (χ0n) is 16.3. The Kier molecular flexibility index (Phi) is 7.37. The monoisotopic (exact) mass is 351 g/mol. The third kappa shape index (κ3) is 5.83. The Labute approximate surface area is 153 Å². The highest BCUT2D eigenvalue weighted by Crippen LogP contribution is 2.20. The molecule has 3 aliphatic rings. The van der Waals surface area contributed by atoms with E-state index in [9.17, 15) is 0 Å². The summed E-state index contributed by atoms with van der Waals surface area (Å²) in [4.78, 5) is 12.2. The normalized spacial score (nSPS) is 27.8. The number of guanidine groups is 1. The third-order valence-electron chi connectivity index (χ3n) is 5.79. The number of morpholine rings is 1. The summed E-state index contributed by atoms with van der Waals surface area (Å²) in [5.74, 6) is 2.53. The molecule has 0 radical (unpaired) electrons. The second kappa shape index (κ2) is 9.74. The molecule has 0 aliphatic carbocycles. The van der Waals surface area contributed by atoms with Crippen LogP contribution >= 0.6 is 0 Å².